The number of nitrogens with one attached hydrogen (secondary N) is 1. The van der Waals surface area contributed by atoms with E-state index in [1.54, 1.807) is 40.5 Å². The van der Waals surface area contributed by atoms with Crippen molar-refractivity contribution in [1.82, 2.24) is 24.8 Å². The Morgan fingerprint density at radius 1 is 0.964 bits per heavy atom. The van der Waals surface area contributed by atoms with Gasteiger partial charge >= 0.3 is 18.2 Å². The zero-order valence-corrected chi connectivity index (χ0v) is 35.4. The third-order valence-corrected chi connectivity index (χ3v) is 14.5. The van der Waals surface area contributed by atoms with Crippen molar-refractivity contribution in [1.29, 1.82) is 5.26 Å². The molecule has 14 nitrogen and oxygen atoms in total. The van der Waals surface area contributed by atoms with Crippen molar-refractivity contribution in [3.05, 3.63) is 47.9 Å². The maximum Gasteiger partial charge on any atom is 0.414 e. The van der Waals surface area contributed by atoms with Gasteiger partial charge in [-0.3, -0.25) is 4.90 Å². The summed E-state index contributed by atoms with van der Waals surface area (Å²) in [5.74, 6) is 0.308. The molecule has 2 aliphatic rings. The molecule has 1 atom stereocenters. The number of piperidine rings is 1. The number of benzene rings is 1. The smallest absolute Gasteiger partial charge is 0.414 e. The fourth-order valence-corrected chi connectivity index (χ4v) is 7.18. The molecule has 2 aromatic heterocycles. The maximum absolute atomic E-state index is 13.6. The lowest BCUT2D eigenvalue weighted by atomic mass is 9.83. The Labute approximate surface area is 326 Å². The van der Waals surface area contributed by atoms with E-state index in [-0.39, 0.29) is 23.2 Å². The van der Waals surface area contributed by atoms with Gasteiger partial charge in [0.1, 0.15) is 23.4 Å². The molecule has 0 saturated carbocycles. The number of amides is 2. The second-order valence-electron chi connectivity index (χ2n) is 18.1. The first-order valence-corrected chi connectivity index (χ1v) is 21.7. The molecule has 0 radical (unpaired) electrons. The molecule has 2 amide bonds. The van der Waals surface area contributed by atoms with Crippen molar-refractivity contribution in [2.45, 2.75) is 123 Å². The van der Waals surface area contributed by atoms with Crippen LogP contribution in [0.2, 0.25) is 18.1 Å². The van der Waals surface area contributed by atoms with Crippen LogP contribution in [0.4, 0.5) is 26.9 Å². The van der Waals surface area contributed by atoms with Gasteiger partial charge in [-0.2, -0.15) is 5.26 Å². The van der Waals surface area contributed by atoms with Crippen LogP contribution in [0.25, 0.3) is 11.3 Å². The molecule has 4 heterocycles. The fourth-order valence-electron chi connectivity index (χ4n) is 6.07. The number of rotatable bonds is 8. The van der Waals surface area contributed by atoms with Gasteiger partial charge in [0.2, 0.25) is 5.95 Å². The van der Waals surface area contributed by atoms with E-state index in [1.165, 1.54) is 0 Å². The third-order valence-electron chi connectivity index (χ3n) is 10.0. The van der Waals surface area contributed by atoms with E-state index in [4.69, 9.17) is 23.6 Å². The largest absolute Gasteiger partial charge is 0.460 e. The summed E-state index contributed by atoms with van der Waals surface area (Å²) in [5.41, 5.74) is 1.63. The number of aromatic nitrogens is 4. The Kier molecular flexibility index (Phi) is 11.6. The van der Waals surface area contributed by atoms with Crippen LogP contribution in [0.5, 0.6) is 6.01 Å². The van der Waals surface area contributed by atoms with Gasteiger partial charge in [0.25, 0.3) is 0 Å². The minimum Gasteiger partial charge on any atom is -0.460 e. The van der Waals surface area contributed by atoms with E-state index < -0.39 is 31.0 Å². The maximum atomic E-state index is 13.6. The van der Waals surface area contributed by atoms with Gasteiger partial charge in [0, 0.05) is 56.3 Å². The van der Waals surface area contributed by atoms with Crippen LogP contribution in [-0.2, 0) is 19.3 Å². The second kappa shape index (κ2) is 15.4. The van der Waals surface area contributed by atoms with Crippen molar-refractivity contribution >= 4 is 37.8 Å². The van der Waals surface area contributed by atoms with Crippen LogP contribution < -0.4 is 15.0 Å². The number of anilines is 3. The van der Waals surface area contributed by atoms with Crippen LogP contribution in [0.15, 0.2) is 36.8 Å². The summed E-state index contributed by atoms with van der Waals surface area (Å²) < 4.78 is 24.1. The van der Waals surface area contributed by atoms with Crippen LogP contribution in [0, 0.1) is 11.3 Å². The highest BCUT2D eigenvalue weighted by atomic mass is 28.4. The highest BCUT2D eigenvalue weighted by molar-refractivity contribution is 6.74. The Morgan fingerprint density at radius 2 is 1.58 bits per heavy atom. The van der Waals surface area contributed by atoms with E-state index in [0.717, 1.165) is 5.56 Å². The Morgan fingerprint density at radius 3 is 2.16 bits per heavy atom. The molecule has 296 valence electrons. The number of ether oxygens (including phenoxy) is 3. The van der Waals surface area contributed by atoms with Crippen molar-refractivity contribution in [2.75, 3.05) is 36.5 Å². The molecule has 0 aliphatic carbocycles. The number of fused-ring (bicyclic) bond motifs is 1. The van der Waals surface area contributed by atoms with Gasteiger partial charge < -0.3 is 28.9 Å². The lowest BCUT2D eigenvalue weighted by molar-refractivity contribution is 0.0118. The first-order valence-electron chi connectivity index (χ1n) is 18.8. The second-order valence-corrected chi connectivity index (χ2v) is 22.9. The van der Waals surface area contributed by atoms with Gasteiger partial charge in [-0.05, 0) is 83.4 Å². The van der Waals surface area contributed by atoms with Gasteiger partial charge in [-0.15, -0.1) is 0 Å². The molecule has 15 heteroatoms. The van der Waals surface area contributed by atoms with Gasteiger partial charge in [-0.25, -0.2) is 29.5 Å². The van der Waals surface area contributed by atoms with Crippen molar-refractivity contribution in [3.63, 3.8) is 0 Å². The van der Waals surface area contributed by atoms with E-state index in [0.29, 0.717) is 73.2 Å². The molecular weight excluding hydrogens is 717 g/mol. The molecule has 1 fully saturated rings. The molecule has 1 saturated heterocycles. The molecule has 0 bridgehead atoms. The van der Waals surface area contributed by atoms with E-state index in [2.05, 4.69) is 67.1 Å². The molecule has 55 heavy (non-hydrogen) atoms. The number of hydrogen-bond acceptors (Lipinski definition) is 12. The van der Waals surface area contributed by atoms with Crippen LogP contribution in [0.3, 0.4) is 0 Å². The number of nitriles is 1. The molecule has 1 aromatic carbocycles. The zero-order chi connectivity index (χ0) is 40.6. The third kappa shape index (κ3) is 10.1. The van der Waals surface area contributed by atoms with Crippen LogP contribution in [-0.4, -0.2) is 88.9 Å². The fraction of sp³-hybridized carbons (Fsp3) is 0.575. The van der Waals surface area contributed by atoms with Crippen molar-refractivity contribution < 1.29 is 28.2 Å². The van der Waals surface area contributed by atoms with Crippen LogP contribution in [0.1, 0.15) is 93.2 Å². The average molecular weight is 773 g/mol. The Hall–Kier alpha value is -4.81. The molecule has 0 unspecified atom stereocenters. The summed E-state index contributed by atoms with van der Waals surface area (Å²) in [7, 11) is -2.16. The highest BCUT2D eigenvalue weighted by Gasteiger charge is 2.47. The number of carbonyl (C=O) groups is 2. The molecular formula is C40H56N8O6Si. The topological polar surface area (TPSA) is 165 Å². The van der Waals surface area contributed by atoms with Crippen LogP contribution >= 0.6 is 0 Å². The number of nitrogens with zero attached hydrogens (tertiary/aromatic N) is 7. The summed E-state index contributed by atoms with van der Waals surface area (Å²) in [6, 6.07) is 8.09. The van der Waals surface area contributed by atoms with Crippen molar-refractivity contribution in [2.24, 2.45) is 0 Å². The molecule has 5 rings (SSSR count). The lowest BCUT2D eigenvalue weighted by Crippen LogP contribution is -2.46. The summed E-state index contributed by atoms with van der Waals surface area (Å²) in [6.45, 7) is 25.8. The molecule has 2 aliphatic heterocycles. The van der Waals surface area contributed by atoms with Gasteiger partial charge in [0.15, 0.2) is 8.32 Å². The predicted octanol–water partition coefficient (Wildman–Crippen LogP) is 8.36. The number of hydrogen-bond donors (Lipinski definition) is 1. The minimum atomic E-state index is -2.16. The zero-order valence-electron chi connectivity index (χ0n) is 34.4. The first kappa shape index (κ1) is 41.4. The van der Waals surface area contributed by atoms with E-state index in [1.807, 2.05) is 47.6 Å². The SMILES string of the molecule is CC(C)(C)OC(=O)N1CCC(Oc2ncc(Nc3nccc(-c4cc(C#N)c5c(c4)[C@@](C)(CO[Si](C)(C)C(C)(C)C)CN5C(=O)OC(C)(C)C)n3)cn2)CC1. The molecule has 0 spiro atoms. The van der Waals surface area contributed by atoms with E-state index >= 15 is 0 Å². The standard InChI is InChI=1S/C40H56N8O6Si/c1-37(2,3)53-35(49)47-17-14-29(15-18-47)52-34-43-22-28(23-44-34)45-33-42-16-13-31(46-33)26-19-27(21-41)32-30(20-26)40(10,25-51-55(11,12)39(7,8)9)24-48(32)36(50)54-38(4,5)6/h13,16,19-20,22-23,29H,14-15,17-18,24-25H2,1-12H3,(H,42,45,46)/t40-/m1/s1. The normalized spacial score (nSPS) is 18.0. The summed E-state index contributed by atoms with van der Waals surface area (Å²) in [6.07, 6.45) is 5.15. The summed E-state index contributed by atoms with van der Waals surface area (Å²) >= 11 is 0. The number of likely N-dealkylation sites (tertiary alicyclic amines) is 1. The van der Waals surface area contributed by atoms with Gasteiger partial charge in [0.05, 0.1) is 35.0 Å². The predicted molar refractivity (Wildman–Crippen MR) is 213 cm³/mol. The quantitative estimate of drug-likeness (QED) is 0.218. The van der Waals surface area contributed by atoms with E-state index in [9.17, 15) is 14.9 Å². The Balaban J connectivity index is 1.34. The van der Waals surface area contributed by atoms with Gasteiger partial charge in [-0.1, -0.05) is 27.7 Å². The highest BCUT2D eigenvalue weighted by Crippen LogP contribution is 2.47. The average Bonchev–Trinajstić information content (AvgIpc) is 3.39. The molecule has 3 aromatic rings. The lowest BCUT2D eigenvalue weighted by Gasteiger charge is -2.39. The molecule has 1 N–H and O–H groups in total. The first-order chi connectivity index (χ1) is 25.5. The van der Waals surface area contributed by atoms with Crippen molar-refractivity contribution in [3.8, 4) is 23.3 Å². The minimum absolute atomic E-state index is 0.0133. The monoisotopic (exact) mass is 772 g/mol. The summed E-state index contributed by atoms with van der Waals surface area (Å²) in [4.78, 5) is 47.2. The number of carbonyl (C=O) groups excluding carboxylic acids is 2. The summed E-state index contributed by atoms with van der Waals surface area (Å²) in [5, 5.41) is 13.6. The Bertz CT molecular complexity index is 1920.